The third-order valence-electron chi connectivity index (χ3n) is 4.25. The number of hydrogen-bond acceptors (Lipinski definition) is 10. The van der Waals surface area contributed by atoms with E-state index in [1.807, 2.05) is 0 Å². The van der Waals surface area contributed by atoms with Gasteiger partial charge in [-0.15, -0.1) is 5.10 Å². The lowest BCUT2D eigenvalue weighted by atomic mass is 9.95. The number of hydrogen-bond donors (Lipinski definition) is 0. The Balaban J connectivity index is 1.72. The van der Waals surface area contributed by atoms with Crippen molar-refractivity contribution >= 4 is 11.9 Å². The molecular formula is C13H16N4O7. The smallest absolute Gasteiger partial charge is 0.303 e. The summed E-state index contributed by atoms with van der Waals surface area (Å²) in [6.45, 7) is 4.17. The third-order valence-corrected chi connectivity index (χ3v) is 4.25. The number of rotatable bonds is 3. The first kappa shape index (κ1) is 15.4. The Morgan fingerprint density at radius 1 is 1.29 bits per heavy atom. The molecule has 1 aromatic heterocycles. The summed E-state index contributed by atoms with van der Waals surface area (Å²) in [6.07, 6.45) is -2.80. The van der Waals surface area contributed by atoms with E-state index in [2.05, 4.69) is 15.5 Å². The molecule has 11 heteroatoms. The van der Waals surface area contributed by atoms with Crippen molar-refractivity contribution in [1.82, 2.24) is 20.2 Å². The highest BCUT2D eigenvalue weighted by molar-refractivity contribution is 5.66. The maximum absolute atomic E-state index is 11.6. The zero-order valence-electron chi connectivity index (χ0n) is 13.2. The van der Waals surface area contributed by atoms with Crippen LogP contribution in [0.2, 0.25) is 0 Å². The number of nitrogens with zero attached hydrogens (tertiary/aromatic N) is 4. The van der Waals surface area contributed by atoms with Crippen LogP contribution in [-0.4, -0.2) is 63.4 Å². The predicted molar refractivity (Wildman–Crippen MR) is 71.0 cm³/mol. The highest BCUT2D eigenvalue weighted by Gasteiger charge is 2.64. The second-order valence-electron chi connectivity index (χ2n) is 6.00. The Morgan fingerprint density at radius 2 is 2.08 bits per heavy atom. The van der Waals surface area contributed by atoms with Crippen molar-refractivity contribution in [3.8, 4) is 0 Å². The Labute approximate surface area is 136 Å². The Morgan fingerprint density at radius 3 is 2.79 bits per heavy atom. The van der Waals surface area contributed by atoms with Gasteiger partial charge in [-0.25, -0.2) is 4.68 Å². The van der Waals surface area contributed by atoms with Gasteiger partial charge in [0.1, 0.15) is 24.9 Å². The van der Waals surface area contributed by atoms with Gasteiger partial charge in [-0.05, 0) is 17.4 Å². The Bertz CT molecular complexity index is 694. The highest BCUT2D eigenvalue weighted by atomic mass is 16.8. The zero-order valence-corrected chi connectivity index (χ0v) is 13.2. The summed E-state index contributed by atoms with van der Waals surface area (Å²) in [7, 11) is 0. The van der Waals surface area contributed by atoms with E-state index >= 15 is 0 Å². The fourth-order valence-corrected chi connectivity index (χ4v) is 3.37. The molecule has 24 heavy (non-hydrogen) atoms. The van der Waals surface area contributed by atoms with Crippen molar-refractivity contribution in [2.24, 2.45) is 0 Å². The minimum absolute atomic E-state index is 0.0927. The SMILES string of the molecule is CC(=O)OC[C@H]1O[C@@H]2O[C@@]3(C)O[C@@H]2[C@@H]([C@@H]1OC(C)=O)n1nnnc13. The molecule has 11 nitrogen and oxygen atoms in total. The van der Waals surface area contributed by atoms with Gasteiger partial charge in [-0.3, -0.25) is 9.59 Å². The van der Waals surface area contributed by atoms with E-state index in [9.17, 15) is 9.59 Å². The van der Waals surface area contributed by atoms with Gasteiger partial charge in [0.15, 0.2) is 12.4 Å². The van der Waals surface area contributed by atoms with E-state index in [0.29, 0.717) is 5.82 Å². The molecule has 0 spiro atoms. The summed E-state index contributed by atoms with van der Waals surface area (Å²) in [6, 6.07) is -0.547. The molecule has 6 atom stereocenters. The first-order valence-corrected chi connectivity index (χ1v) is 7.49. The van der Waals surface area contributed by atoms with E-state index in [0.717, 1.165) is 0 Å². The van der Waals surface area contributed by atoms with Gasteiger partial charge < -0.3 is 23.7 Å². The van der Waals surface area contributed by atoms with Crippen LogP contribution in [0, 0.1) is 0 Å². The number of aromatic nitrogens is 4. The molecule has 2 saturated heterocycles. The number of fused-ring (bicyclic) bond motifs is 4. The van der Waals surface area contributed by atoms with Crippen molar-refractivity contribution in [2.45, 2.75) is 57.2 Å². The van der Waals surface area contributed by atoms with Crippen LogP contribution in [0.4, 0.5) is 0 Å². The number of tetrazole rings is 1. The molecule has 1 aromatic rings. The number of carbonyl (C=O) groups is 2. The molecule has 0 aromatic carbocycles. The molecule has 2 bridgehead atoms. The molecular weight excluding hydrogens is 324 g/mol. The summed E-state index contributed by atoms with van der Waals surface area (Å²) in [5, 5.41) is 11.6. The molecule has 0 amide bonds. The van der Waals surface area contributed by atoms with Crippen LogP contribution >= 0.6 is 0 Å². The summed E-state index contributed by atoms with van der Waals surface area (Å²) < 4.78 is 29.6. The summed E-state index contributed by atoms with van der Waals surface area (Å²) >= 11 is 0. The second kappa shape index (κ2) is 5.19. The van der Waals surface area contributed by atoms with Gasteiger partial charge in [-0.1, -0.05) is 0 Å². The standard InChI is InChI=1S/C13H16N4O7/c1-5(18)20-4-7-9(21-6(2)19)8-10-11(22-7)24-13(3,23-10)12-14-15-16-17(8)12/h7-11H,4H2,1-3H3/t7-,8-,9-,10-,11-,13-/m1/s1. The number of esters is 2. The maximum Gasteiger partial charge on any atom is 0.303 e. The minimum atomic E-state index is -1.15. The van der Waals surface area contributed by atoms with E-state index in [1.54, 1.807) is 6.92 Å². The molecule has 3 aliphatic rings. The molecule has 2 fully saturated rings. The zero-order chi connectivity index (χ0) is 17.1. The van der Waals surface area contributed by atoms with E-state index in [1.165, 1.54) is 18.5 Å². The number of ether oxygens (including phenoxy) is 5. The summed E-state index contributed by atoms with van der Waals surface area (Å²) in [5.41, 5.74) is 0. The van der Waals surface area contributed by atoms with Crippen molar-refractivity contribution in [3.63, 3.8) is 0 Å². The third kappa shape index (κ3) is 2.19. The first-order valence-electron chi connectivity index (χ1n) is 7.49. The minimum Gasteiger partial charge on any atom is -0.463 e. The molecule has 0 unspecified atom stereocenters. The topological polar surface area (TPSA) is 124 Å². The lowest BCUT2D eigenvalue weighted by molar-refractivity contribution is -0.247. The largest absolute Gasteiger partial charge is 0.463 e. The predicted octanol–water partition coefficient (Wildman–Crippen LogP) is -0.964. The van der Waals surface area contributed by atoms with Gasteiger partial charge in [-0.2, -0.15) is 0 Å². The van der Waals surface area contributed by atoms with Crippen LogP contribution < -0.4 is 0 Å². The Hall–Kier alpha value is -2.11. The number of carbonyl (C=O) groups excluding carboxylic acids is 2. The molecule has 0 radical (unpaired) electrons. The first-order chi connectivity index (χ1) is 11.4. The van der Waals surface area contributed by atoms with Gasteiger partial charge in [0, 0.05) is 13.8 Å². The summed E-state index contributed by atoms with van der Waals surface area (Å²) in [5.74, 6) is -1.76. The highest BCUT2D eigenvalue weighted by Crippen LogP contribution is 2.50. The monoisotopic (exact) mass is 340 g/mol. The molecule has 4 heterocycles. The fourth-order valence-electron chi connectivity index (χ4n) is 3.37. The van der Waals surface area contributed by atoms with Crippen molar-refractivity contribution in [2.75, 3.05) is 6.61 Å². The van der Waals surface area contributed by atoms with Crippen molar-refractivity contribution in [3.05, 3.63) is 5.82 Å². The average Bonchev–Trinajstić information content (AvgIpc) is 3.08. The van der Waals surface area contributed by atoms with E-state index in [4.69, 9.17) is 23.7 Å². The molecule has 4 rings (SSSR count). The quantitative estimate of drug-likeness (QED) is 0.635. The molecule has 0 N–H and O–H groups in total. The van der Waals surface area contributed by atoms with Crippen LogP contribution in [0.1, 0.15) is 32.6 Å². The maximum atomic E-state index is 11.6. The van der Waals surface area contributed by atoms with Gasteiger partial charge >= 0.3 is 11.9 Å². The van der Waals surface area contributed by atoms with Crippen LogP contribution in [0.3, 0.4) is 0 Å². The van der Waals surface area contributed by atoms with Gasteiger partial charge in [0.2, 0.25) is 11.6 Å². The van der Waals surface area contributed by atoms with Crippen LogP contribution in [0.5, 0.6) is 0 Å². The van der Waals surface area contributed by atoms with Crippen LogP contribution in [0.25, 0.3) is 0 Å². The van der Waals surface area contributed by atoms with Crippen LogP contribution in [0.15, 0.2) is 0 Å². The van der Waals surface area contributed by atoms with Crippen molar-refractivity contribution < 1.29 is 33.3 Å². The van der Waals surface area contributed by atoms with Gasteiger partial charge in [0.25, 0.3) is 0 Å². The lowest BCUT2D eigenvalue weighted by Gasteiger charge is -2.42. The van der Waals surface area contributed by atoms with Crippen molar-refractivity contribution in [1.29, 1.82) is 0 Å². The lowest BCUT2D eigenvalue weighted by Crippen LogP contribution is -2.57. The van der Waals surface area contributed by atoms with E-state index in [-0.39, 0.29) is 6.61 Å². The Kier molecular flexibility index (Phi) is 3.34. The summed E-state index contributed by atoms with van der Waals surface area (Å²) in [4.78, 5) is 22.7. The van der Waals surface area contributed by atoms with Crippen LogP contribution in [-0.2, 0) is 39.1 Å². The molecule has 3 aliphatic heterocycles. The fraction of sp³-hybridized carbons (Fsp3) is 0.769. The molecule has 130 valence electrons. The molecule has 0 saturated carbocycles. The van der Waals surface area contributed by atoms with Gasteiger partial charge in [0.05, 0.1) is 0 Å². The second-order valence-corrected chi connectivity index (χ2v) is 6.00. The molecule has 0 aliphatic carbocycles. The average molecular weight is 340 g/mol. The normalized spacial score (nSPS) is 39.2. The van der Waals surface area contributed by atoms with E-state index < -0.39 is 48.4 Å².